The molecule has 2 unspecified atom stereocenters. The highest BCUT2D eigenvalue weighted by Gasteiger charge is 2.25. The van der Waals surface area contributed by atoms with E-state index in [2.05, 4.69) is 5.32 Å². The molecule has 0 radical (unpaired) electrons. The van der Waals surface area contributed by atoms with Gasteiger partial charge in [0.1, 0.15) is 0 Å². The molecule has 0 saturated heterocycles. The standard InChI is InChI=1S/C16H25NO3/c1-17-13-7-4-6-12(13)10-11-20-16-14(18-2)8-5-9-15(16)19-3/h5,8-9,12-13,17H,4,6-7,10-11H2,1-3H3. The van der Waals surface area contributed by atoms with Gasteiger partial charge >= 0.3 is 0 Å². The quantitative estimate of drug-likeness (QED) is 0.833. The third-order valence-corrected chi connectivity index (χ3v) is 4.15. The predicted octanol–water partition coefficient (Wildman–Crippen LogP) is 2.86. The average Bonchev–Trinajstić information content (AvgIpc) is 2.94. The van der Waals surface area contributed by atoms with Crippen molar-refractivity contribution >= 4 is 0 Å². The minimum atomic E-state index is 0.637. The van der Waals surface area contributed by atoms with Crippen LogP contribution in [0.3, 0.4) is 0 Å². The summed E-state index contributed by atoms with van der Waals surface area (Å²) in [6.45, 7) is 0.694. The van der Waals surface area contributed by atoms with E-state index in [4.69, 9.17) is 14.2 Å². The third-order valence-electron chi connectivity index (χ3n) is 4.15. The van der Waals surface area contributed by atoms with Crippen LogP contribution >= 0.6 is 0 Å². The molecule has 1 aliphatic rings. The maximum atomic E-state index is 5.93. The SMILES string of the molecule is CNC1CCCC1CCOc1c(OC)cccc1OC. The molecule has 0 bridgehead atoms. The van der Waals surface area contributed by atoms with Crippen LogP contribution in [0.15, 0.2) is 18.2 Å². The molecular weight excluding hydrogens is 254 g/mol. The number of hydrogen-bond acceptors (Lipinski definition) is 4. The zero-order valence-electron chi connectivity index (χ0n) is 12.6. The normalized spacial score (nSPS) is 21.8. The van der Waals surface area contributed by atoms with Crippen molar-refractivity contribution in [3.05, 3.63) is 18.2 Å². The number of benzene rings is 1. The Hall–Kier alpha value is -1.42. The number of ether oxygens (including phenoxy) is 3. The van der Waals surface area contributed by atoms with Gasteiger partial charge in [0.15, 0.2) is 11.5 Å². The van der Waals surface area contributed by atoms with Crippen molar-refractivity contribution in [2.75, 3.05) is 27.9 Å². The molecule has 1 N–H and O–H groups in total. The molecule has 0 aromatic heterocycles. The highest BCUT2D eigenvalue weighted by atomic mass is 16.5. The van der Waals surface area contributed by atoms with Gasteiger partial charge in [-0.15, -0.1) is 0 Å². The maximum Gasteiger partial charge on any atom is 0.203 e. The van der Waals surface area contributed by atoms with Crippen LogP contribution in [0.1, 0.15) is 25.7 Å². The highest BCUT2D eigenvalue weighted by molar-refractivity contribution is 5.51. The maximum absolute atomic E-state index is 5.93. The lowest BCUT2D eigenvalue weighted by Gasteiger charge is -2.20. The summed E-state index contributed by atoms with van der Waals surface area (Å²) >= 11 is 0. The summed E-state index contributed by atoms with van der Waals surface area (Å²) < 4.78 is 16.6. The van der Waals surface area contributed by atoms with Crippen LogP contribution in [0.4, 0.5) is 0 Å². The molecule has 20 heavy (non-hydrogen) atoms. The molecule has 1 aromatic rings. The van der Waals surface area contributed by atoms with Gasteiger partial charge in [0.2, 0.25) is 5.75 Å². The largest absolute Gasteiger partial charge is 0.493 e. The van der Waals surface area contributed by atoms with Crippen LogP contribution in [0, 0.1) is 5.92 Å². The summed E-state index contributed by atoms with van der Waals surface area (Å²) in [4.78, 5) is 0. The summed E-state index contributed by atoms with van der Waals surface area (Å²) in [6, 6.07) is 6.32. The second kappa shape index (κ2) is 7.39. The molecule has 0 aliphatic heterocycles. The number of methoxy groups -OCH3 is 2. The minimum Gasteiger partial charge on any atom is -0.493 e. The van der Waals surface area contributed by atoms with Crippen molar-refractivity contribution in [1.82, 2.24) is 5.32 Å². The summed E-state index contributed by atoms with van der Waals surface area (Å²) in [7, 11) is 5.35. The molecule has 0 spiro atoms. The first-order valence-electron chi connectivity index (χ1n) is 7.31. The fraction of sp³-hybridized carbons (Fsp3) is 0.625. The van der Waals surface area contributed by atoms with Crippen LogP contribution < -0.4 is 19.5 Å². The Morgan fingerprint density at radius 2 is 1.85 bits per heavy atom. The van der Waals surface area contributed by atoms with Gasteiger partial charge in [0.05, 0.1) is 20.8 Å². The van der Waals surface area contributed by atoms with Crippen LogP contribution in [0.25, 0.3) is 0 Å². The van der Waals surface area contributed by atoms with Gasteiger partial charge in [-0.1, -0.05) is 12.5 Å². The van der Waals surface area contributed by atoms with Gasteiger partial charge in [0.25, 0.3) is 0 Å². The Morgan fingerprint density at radius 3 is 2.45 bits per heavy atom. The van der Waals surface area contributed by atoms with Crippen LogP contribution in [0.2, 0.25) is 0 Å². The first kappa shape index (κ1) is 15.0. The Bertz CT molecular complexity index is 400. The Morgan fingerprint density at radius 1 is 1.15 bits per heavy atom. The van der Waals surface area contributed by atoms with E-state index in [-0.39, 0.29) is 0 Å². The molecule has 1 fully saturated rings. The zero-order chi connectivity index (χ0) is 14.4. The van der Waals surface area contributed by atoms with Gasteiger partial charge in [0, 0.05) is 6.04 Å². The van der Waals surface area contributed by atoms with E-state index in [9.17, 15) is 0 Å². The molecular formula is C16H25NO3. The van der Waals surface area contributed by atoms with Gasteiger partial charge in [-0.2, -0.15) is 0 Å². The predicted molar refractivity (Wildman–Crippen MR) is 79.8 cm³/mol. The Labute approximate surface area is 121 Å². The molecule has 1 saturated carbocycles. The van der Waals surface area contributed by atoms with E-state index in [1.54, 1.807) is 14.2 Å². The second-order valence-corrected chi connectivity index (χ2v) is 5.21. The first-order valence-corrected chi connectivity index (χ1v) is 7.31. The first-order chi connectivity index (χ1) is 9.80. The number of para-hydroxylation sites is 1. The van der Waals surface area contributed by atoms with Crippen LogP contribution in [0.5, 0.6) is 17.2 Å². The number of nitrogens with one attached hydrogen (secondary N) is 1. The number of rotatable bonds is 7. The van der Waals surface area contributed by atoms with Crippen LogP contribution in [-0.2, 0) is 0 Å². The monoisotopic (exact) mass is 279 g/mol. The van der Waals surface area contributed by atoms with Crippen molar-refractivity contribution in [3.8, 4) is 17.2 Å². The molecule has 112 valence electrons. The van der Waals surface area contributed by atoms with Crippen molar-refractivity contribution in [1.29, 1.82) is 0 Å². The molecule has 2 rings (SSSR count). The van der Waals surface area contributed by atoms with Gasteiger partial charge in [-0.3, -0.25) is 0 Å². The van der Waals surface area contributed by atoms with E-state index in [0.29, 0.717) is 24.3 Å². The van der Waals surface area contributed by atoms with E-state index >= 15 is 0 Å². The lowest BCUT2D eigenvalue weighted by Crippen LogP contribution is -2.29. The van der Waals surface area contributed by atoms with Gasteiger partial charge < -0.3 is 19.5 Å². The summed E-state index contributed by atoms with van der Waals surface area (Å²) in [5.41, 5.74) is 0. The van der Waals surface area contributed by atoms with E-state index in [1.165, 1.54) is 19.3 Å². The van der Waals surface area contributed by atoms with Crippen LogP contribution in [-0.4, -0.2) is 33.9 Å². The van der Waals surface area contributed by atoms with E-state index in [0.717, 1.165) is 17.9 Å². The lowest BCUT2D eigenvalue weighted by molar-refractivity contribution is 0.241. The van der Waals surface area contributed by atoms with Crippen molar-refractivity contribution < 1.29 is 14.2 Å². The third kappa shape index (κ3) is 3.37. The molecule has 0 amide bonds. The molecule has 2 atom stereocenters. The summed E-state index contributed by atoms with van der Waals surface area (Å²) in [5.74, 6) is 2.86. The van der Waals surface area contributed by atoms with Crippen molar-refractivity contribution in [2.45, 2.75) is 31.7 Å². The van der Waals surface area contributed by atoms with E-state index < -0.39 is 0 Å². The fourth-order valence-corrected chi connectivity index (χ4v) is 3.03. The lowest BCUT2D eigenvalue weighted by atomic mass is 10.0. The Kier molecular flexibility index (Phi) is 5.53. The molecule has 4 nitrogen and oxygen atoms in total. The Balaban J connectivity index is 1.93. The average molecular weight is 279 g/mol. The molecule has 4 heteroatoms. The molecule has 0 heterocycles. The molecule has 1 aliphatic carbocycles. The summed E-state index contributed by atoms with van der Waals surface area (Å²) in [6.07, 6.45) is 4.94. The molecule has 1 aromatic carbocycles. The van der Waals surface area contributed by atoms with Gasteiger partial charge in [-0.05, 0) is 44.4 Å². The fourth-order valence-electron chi connectivity index (χ4n) is 3.03. The van der Waals surface area contributed by atoms with Crippen molar-refractivity contribution in [3.63, 3.8) is 0 Å². The topological polar surface area (TPSA) is 39.7 Å². The smallest absolute Gasteiger partial charge is 0.203 e. The number of hydrogen-bond donors (Lipinski definition) is 1. The highest BCUT2D eigenvalue weighted by Crippen LogP contribution is 2.37. The second-order valence-electron chi connectivity index (χ2n) is 5.21. The zero-order valence-corrected chi connectivity index (χ0v) is 12.6. The summed E-state index contributed by atoms with van der Waals surface area (Å²) in [5, 5.41) is 3.40. The van der Waals surface area contributed by atoms with Gasteiger partial charge in [-0.25, -0.2) is 0 Å². The van der Waals surface area contributed by atoms with Crippen molar-refractivity contribution in [2.24, 2.45) is 5.92 Å². The van der Waals surface area contributed by atoms with E-state index in [1.807, 2.05) is 25.2 Å². The minimum absolute atomic E-state index is 0.637.